The second-order valence-electron chi connectivity index (χ2n) is 5.04. The van der Waals surface area contributed by atoms with E-state index in [9.17, 15) is 13.6 Å². The Balaban J connectivity index is 1.70. The van der Waals surface area contributed by atoms with Gasteiger partial charge in [0.25, 0.3) is 5.91 Å². The molecule has 0 radical (unpaired) electrons. The Hall–Kier alpha value is -2.57. The minimum atomic E-state index is -0.946. The molecule has 1 aliphatic rings. The van der Waals surface area contributed by atoms with Crippen molar-refractivity contribution in [2.45, 2.75) is 12.8 Å². The fourth-order valence-electron chi connectivity index (χ4n) is 2.31. The summed E-state index contributed by atoms with van der Waals surface area (Å²) in [5.41, 5.74) is 0.629. The molecule has 2 heterocycles. The van der Waals surface area contributed by atoms with Gasteiger partial charge in [-0.15, -0.1) is 0 Å². The molecule has 0 aliphatic carbocycles. The number of halogens is 2. The van der Waals surface area contributed by atoms with Crippen LogP contribution in [0.1, 0.15) is 23.3 Å². The molecule has 1 fully saturated rings. The van der Waals surface area contributed by atoms with Gasteiger partial charge in [-0.05, 0) is 25.0 Å². The van der Waals surface area contributed by atoms with Gasteiger partial charge in [0.15, 0.2) is 11.6 Å². The highest BCUT2D eigenvalue weighted by atomic mass is 19.2. The van der Waals surface area contributed by atoms with Crippen LogP contribution in [-0.4, -0.2) is 33.9 Å². The van der Waals surface area contributed by atoms with Gasteiger partial charge in [0.2, 0.25) is 0 Å². The van der Waals surface area contributed by atoms with Gasteiger partial charge in [0, 0.05) is 24.8 Å². The lowest BCUT2D eigenvalue weighted by Gasteiger charge is -2.14. The summed E-state index contributed by atoms with van der Waals surface area (Å²) in [6, 6.07) is 3.44. The molecule has 1 amide bonds. The maximum absolute atomic E-state index is 13.1. The third-order valence-electron chi connectivity index (χ3n) is 3.46. The van der Waals surface area contributed by atoms with E-state index in [1.807, 2.05) is 0 Å². The Morgan fingerprint density at radius 1 is 1.09 bits per heavy atom. The van der Waals surface area contributed by atoms with Crippen molar-refractivity contribution >= 4 is 17.4 Å². The van der Waals surface area contributed by atoms with Crippen molar-refractivity contribution in [3.8, 4) is 0 Å². The second kappa shape index (κ2) is 6.05. The summed E-state index contributed by atoms with van der Waals surface area (Å²) in [6.07, 6.45) is 4.79. The topological polar surface area (TPSA) is 58.1 Å². The van der Waals surface area contributed by atoms with E-state index in [0.717, 1.165) is 38.1 Å². The molecule has 5 nitrogen and oxygen atoms in total. The Morgan fingerprint density at radius 2 is 1.86 bits per heavy atom. The van der Waals surface area contributed by atoms with E-state index in [-0.39, 0.29) is 11.6 Å². The van der Waals surface area contributed by atoms with Gasteiger partial charge in [-0.25, -0.2) is 18.7 Å². The van der Waals surface area contributed by atoms with Crippen LogP contribution in [0.15, 0.2) is 30.6 Å². The lowest BCUT2D eigenvalue weighted by Crippen LogP contribution is -2.28. The van der Waals surface area contributed by atoms with E-state index in [1.165, 1.54) is 18.5 Å². The van der Waals surface area contributed by atoms with Crippen molar-refractivity contribution in [1.82, 2.24) is 14.9 Å². The third-order valence-corrected chi connectivity index (χ3v) is 3.46. The number of nitrogens with one attached hydrogen (secondary N) is 1. The monoisotopic (exact) mass is 304 g/mol. The summed E-state index contributed by atoms with van der Waals surface area (Å²) < 4.78 is 26.0. The van der Waals surface area contributed by atoms with Crippen LogP contribution in [-0.2, 0) is 0 Å². The van der Waals surface area contributed by atoms with Gasteiger partial charge in [-0.2, -0.15) is 0 Å². The predicted molar refractivity (Wildman–Crippen MR) is 76.8 cm³/mol. The number of aromatic nitrogens is 2. The highest BCUT2D eigenvalue weighted by molar-refractivity contribution is 5.92. The molecule has 0 spiro atoms. The molecular weight excluding hydrogens is 290 g/mol. The zero-order valence-electron chi connectivity index (χ0n) is 11.7. The molecule has 3 rings (SSSR count). The molecular formula is C15H14F2N4O. The zero-order valence-corrected chi connectivity index (χ0v) is 11.7. The second-order valence-corrected chi connectivity index (χ2v) is 5.04. The first kappa shape index (κ1) is 14.4. The van der Waals surface area contributed by atoms with E-state index in [2.05, 4.69) is 15.3 Å². The number of amides is 1. The summed E-state index contributed by atoms with van der Waals surface area (Å²) in [5, 5.41) is 2.80. The fourth-order valence-corrected chi connectivity index (χ4v) is 2.31. The molecule has 0 saturated carbocycles. The minimum absolute atomic E-state index is 0.135. The van der Waals surface area contributed by atoms with Crippen LogP contribution in [0, 0.1) is 11.6 Å². The SMILES string of the molecule is O=C(c1cnc(Nc2ccc(F)c(F)c2)cn1)N1CCCC1. The van der Waals surface area contributed by atoms with E-state index in [0.29, 0.717) is 11.5 Å². The van der Waals surface area contributed by atoms with Crippen molar-refractivity contribution in [3.63, 3.8) is 0 Å². The zero-order chi connectivity index (χ0) is 15.5. The highest BCUT2D eigenvalue weighted by Gasteiger charge is 2.20. The van der Waals surface area contributed by atoms with E-state index >= 15 is 0 Å². The van der Waals surface area contributed by atoms with Gasteiger partial charge < -0.3 is 10.2 Å². The first-order chi connectivity index (χ1) is 10.6. The Labute approximate surface area is 126 Å². The van der Waals surface area contributed by atoms with Crippen LogP contribution in [0.25, 0.3) is 0 Å². The molecule has 1 N–H and O–H groups in total. The van der Waals surface area contributed by atoms with Gasteiger partial charge in [-0.3, -0.25) is 4.79 Å². The summed E-state index contributed by atoms with van der Waals surface area (Å²) in [4.78, 5) is 22.0. The number of likely N-dealkylation sites (tertiary alicyclic amines) is 1. The summed E-state index contributed by atoms with van der Waals surface area (Å²) in [7, 11) is 0. The van der Waals surface area contributed by atoms with E-state index in [4.69, 9.17) is 0 Å². The number of carbonyl (C=O) groups is 1. The molecule has 1 aromatic carbocycles. The predicted octanol–water partition coefficient (Wildman–Crippen LogP) is 2.73. The number of anilines is 2. The van der Waals surface area contributed by atoms with Crippen LogP contribution in [0.3, 0.4) is 0 Å². The number of carbonyl (C=O) groups excluding carboxylic acids is 1. The average Bonchev–Trinajstić information content (AvgIpc) is 3.05. The van der Waals surface area contributed by atoms with Crippen LogP contribution in [0.2, 0.25) is 0 Å². The average molecular weight is 304 g/mol. The Bertz CT molecular complexity index is 684. The van der Waals surface area contributed by atoms with Gasteiger partial charge in [0.05, 0.1) is 12.4 Å². The number of hydrogen-bond donors (Lipinski definition) is 1. The number of nitrogens with zero attached hydrogens (tertiary/aromatic N) is 3. The van der Waals surface area contributed by atoms with Crippen LogP contribution >= 0.6 is 0 Å². The summed E-state index contributed by atoms with van der Waals surface area (Å²) in [6.45, 7) is 1.49. The molecule has 7 heteroatoms. The van der Waals surface area contributed by atoms with Crippen molar-refractivity contribution in [3.05, 3.63) is 47.9 Å². The Morgan fingerprint density at radius 3 is 2.50 bits per heavy atom. The quantitative estimate of drug-likeness (QED) is 0.947. The van der Waals surface area contributed by atoms with Crippen LogP contribution in [0.4, 0.5) is 20.3 Å². The normalized spacial score (nSPS) is 14.2. The van der Waals surface area contributed by atoms with E-state index in [1.54, 1.807) is 4.90 Å². The molecule has 1 aliphatic heterocycles. The van der Waals surface area contributed by atoms with Gasteiger partial charge >= 0.3 is 0 Å². The largest absolute Gasteiger partial charge is 0.339 e. The Kier molecular flexibility index (Phi) is 3.95. The van der Waals surface area contributed by atoms with E-state index < -0.39 is 11.6 Å². The molecule has 114 valence electrons. The summed E-state index contributed by atoms with van der Waals surface area (Å²) >= 11 is 0. The molecule has 0 unspecified atom stereocenters. The lowest BCUT2D eigenvalue weighted by atomic mass is 10.3. The standard InChI is InChI=1S/C15H14F2N4O/c16-11-4-3-10(7-12(11)17)20-14-9-18-13(8-19-14)15(22)21-5-1-2-6-21/h3-4,7-9H,1-2,5-6H2,(H,19,20). The lowest BCUT2D eigenvalue weighted by molar-refractivity contribution is 0.0786. The van der Waals surface area contributed by atoms with Crippen molar-refractivity contribution in [2.24, 2.45) is 0 Å². The van der Waals surface area contributed by atoms with Crippen LogP contribution < -0.4 is 5.32 Å². The fraction of sp³-hybridized carbons (Fsp3) is 0.267. The van der Waals surface area contributed by atoms with Crippen LogP contribution in [0.5, 0.6) is 0 Å². The van der Waals surface area contributed by atoms with Crippen molar-refractivity contribution in [1.29, 1.82) is 0 Å². The molecule has 0 bridgehead atoms. The first-order valence-corrected chi connectivity index (χ1v) is 6.97. The smallest absolute Gasteiger partial charge is 0.274 e. The maximum Gasteiger partial charge on any atom is 0.274 e. The maximum atomic E-state index is 13.1. The molecule has 0 atom stereocenters. The number of rotatable bonds is 3. The number of hydrogen-bond acceptors (Lipinski definition) is 4. The number of benzene rings is 1. The minimum Gasteiger partial charge on any atom is -0.339 e. The van der Waals surface area contributed by atoms with Crippen molar-refractivity contribution < 1.29 is 13.6 Å². The highest BCUT2D eigenvalue weighted by Crippen LogP contribution is 2.17. The molecule has 1 saturated heterocycles. The summed E-state index contributed by atoms with van der Waals surface area (Å²) in [5.74, 6) is -1.64. The third kappa shape index (κ3) is 3.03. The molecule has 22 heavy (non-hydrogen) atoms. The van der Waals surface area contributed by atoms with Gasteiger partial charge in [-0.1, -0.05) is 0 Å². The molecule has 2 aromatic rings. The molecule has 1 aromatic heterocycles. The van der Waals surface area contributed by atoms with Gasteiger partial charge in [0.1, 0.15) is 11.5 Å². The van der Waals surface area contributed by atoms with Crippen molar-refractivity contribution in [2.75, 3.05) is 18.4 Å². The first-order valence-electron chi connectivity index (χ1n) is 6.97.